The Hall–Kier alpha value is -1.10. The molecule has 0 saturated carbocycles. The molecule has 0 heterocycles. The Balaban J connectivity index is 4.26. The second-order valence-corrected chi connectivity index (χ2v) is 4.47. The molecular weight excluding hydrogens is 218 g/mol. The molecule has 5 nitrogen and oxygen atoms in total. The van der Waals surface area contributed by atoms with Crippen LogP contribution in [0, 0.1) is 5.92 Å². The minimum Gasteiger partial charge on any atom is -0.355 e. The van der Waals surface area contributed by atoms with E-state index in [0.29, 0.717) is 19.5 Å². The number of hydrogen-bond acceptors (Lipinski definition) is 3. The number of likely N-dealkylation sites (N-methyl/N-ethyl adjacent to an activating group) is 2. The molecule has 0 spiro atoms. The molecule has 0 radical (unpaired) electrons. The van der Waals surface area contributed by atoms with Crippen LogP contribution in [-0.4, -0.2) is 42.4 Å². The lowest BCUT2D eigenvalue weighted by Gasteiger charge is -2.23. The molecule has 0 fully saturated rings. The van der Waals surface area contributed by atoms with E-state index in [-0.39, 0.29) is 30.3 Å². The first kappa shape index (κ1) is 15.9. The highest BCUT2D eigenvalue weighted by atomic mass is 16.2. The molecule has 2 amide bonds. The zero-order chi connectivity index (χ0) is 13.4. The molecule has 3 N–H and O–H groups in total. The predicted octanol–water partition coefficient (Wildman–Crippen LogP) is 0.344. The van der Waals surface area contributed by atoms with Gasteiger partial charge >= 0.3 is 0 Å². The summed E-state index contributed by atoms with van der Waals surface area (Å²) in [4.78, 5) is 24.8. The summed E-state index contributed by atoms with van der Waals surface area (Å²) in [7, 11) is 0. The number of nitrogens with zero attached hydrogens (tertiary/aromatic N) is 1. The highest BCUT2D eigenvalue weighted by molar-refractivity contribution is 5.84. The van der Waals surface area contributed by atoms with Gasteiger partial charge in [0.25, 0.3) is 0 Å². The van der Waals surface area contributed by atoms with Gasteiger partial charge in [0.1, 0.15) is 0 Å². The van der Waals surface area contributed by atoms with Crippen LogP contribution in [0.3, 0.4) is 0 Å². The highest BCUT2D eigenvalue weighted by Crippen LogP contribution is 2.05. The summed E-state index contributed by atoms with van der Waals surface area (Å²) >= 11 is 0. The van der Waals surface area contributed by atoms with Crippen LogP contribution in [0.25, 0.3) is 0 Å². The molecule has 0 bridgehead atoms. The summed E-state index contributed by atoms with van der Waals surface area (Å²) in [5.74, 6) is 0.0860. The van der Waals surface area contributed by atoms with E-state index in [1.807, 2.05) is 27.7 Å². The van der Waals surface area contributed by atoms with E-state index < -0.39 is 0 Å². The van der Waals surface area contributed by atoms with E-state index in [9.17, 15) is 9.59 Å². The first-order chi connectivity index (χ1) is 7.92. The average molecular weight is 243 g/mol. The quantitative estimate of drug-likeness (QED) is 0.677. The van der Waals surface area contributed by atoms with Crippen LogP contribution in [0.4, 0.5) is 0 Å². The summed E-state index contributed by atoms with van der Waals surface area (Å²) < 4.78 is 0. The number of nitrogens with two attached hydrogens (primary N) is 1. The third kappa shape index (κ3) is 6.26. The van der Waals surface area contributed by atoms with Crippen molar-refractivity contribution in [2.24, 2.45) is 11.7 Å². The minimum atomic E-state index is -0.147. The van der Waals surface area contributed by atoms with Gasteiger partial charge in [-0.1, -0.05) is 13.8 Å². The Kier molecular flexibility index (Phi) is 7.54. The molecule has 0 aliphatic carbocycles. The Morgan fingerprint density at radius 3 is 2.29 bits per heavy atom. The molecular formula is C12H25N3O2. The third-order valence-electron chi connectivity index (χ3n) is 2.71. The average Bonchev–Trinajstić information content (AvgIpc) is 2.25. The van der Waals surface area contributed by atoms with Gasteiger partial charge in [0.2, 0.25) is 11.8 Å². The molecule has 0 rings (SSSR count). The molecule has 0 aromatic carbocycles. The lowest BCUT2D eigenvalue weighted by atomic mass is 10.0. The van der Waals surface area contributed by atoms with Crippen molar-refractivity contribution < 1.29 is 9.59 Å². The number of hydrogen-bond donors (Lipinski definition) is 2. The Bertz CT molecular complexity index is 254. The Morgan fingerprint density at radius 2 is 1.88 bits per heavy atom. The van der Waals surface area contributed by atoms with E-state index in [0.717, 1.165) is 0 Å². The number of rotatable bonds is 7. The standard InChI is InChI=1S/C12H25N3O2/c1-5-14-11(16)8-15(6-2)12(17)7-10(13)9(3)4/h9-10H,5-8,13H2,1-4H3,(H,14,16). The maximum atomic E-state index is 11.9. The van der Waals surface area contributed by atoms with Crippen LogP contribution in [0.15, 0.2) is 0 Å². The van der Waals surface area contributed by atoms with Gasteiger partial charge in [-0.25, -0.2) is 0 Å². The summed E-state index contributed by atoms with van der Waals surface area (Å²) in [6, 6.07) is -0.147. The van der Waals surface area contributed by atoms with Crippen molar-refractivity contribution in [2.75, 3.05) is 19.6 Å². The zero-order valence-electron chi connectivity index (χ0n) is 11.3. The van der Waals surface area contributed by atoms with Crippen LogP contribution >= 0.6 is 0 Å². The third-order valence-corrected chi connectivity index (χ3v) is 2.71. The lowest BCUT2D eigenvalue weighted by Crippen LogP contribution is -2.43. The van der Waals surface area contributed by atoms with Gasteiger partial charge in [-0.15, -0.1) is 0 Å². The first-order valence-corrected chi connectivity index (χ1v) is 6.22. The normalized spacial score (nSPS) is 12.4. The molecule has 1 atom stereocenters. The van der Waals surface area contributed by atoms with E-state index >= 15 is 0 Å². The molecule has 0 aliphatic rings. The van der Waals surface area contributed by atoms with Gasteiger partial charge in [-0.3, -0.25) is 9.59 Å². The SMILES string of the molecule is CCNC(=O)CN(CC)C(=O)CC(N)C(C)C. The summed E-state index contributed by atoms with van der Waals surface area (Å²) in [5.41, 5.74) is 5.85. The molecule has 0 aliphatic heterocycles. The van der Waals surface area contributed by atoms with Crippen molar-refractivity contribution in [3.8, 4) is 0 Å². The second kappa shape index (κ2) is 8.06. The van der Waals surface area contributed by atoms with Crippen molar-refractivity contribution >= 4 is 11.8 Å². The van der Waals surface area contributed by atoms with Crippen molar-refractivity contribution in [1.82, 2.24) is 10.2 Å². The van der Waals surface area contributed by atoms with Crippen molar-refractivity contribution in [1.29, 1.82) is 0 Å². The fourth-order valence-corrected chi connectivity index (χ4v) is 1.37. The fraction of sp³-hybridized carbons (Fsp3) is 0.833. The van der Waals surface area contributed by atoms with Gasteiger partial charge in [-0.2, -0.15) is 0 Å². The molecule has 0 aromatic heterocycles. The van der Waals surface area contributed by atoms with E-state index in [1.165, 1.54) is 4.90 Å². The van der Waals surface area contributed by atoms with Gasteiger partial charge in [0, 0.05) is 25.6 Å². The zero-order valence-corrected chi connectivity index (χ0v) is 11.3. The van der Waals surface area contributed by atoms with E-state index in [2.05, 4.69) is 5.32 Å². The van der Waals surface area contributed by atoms with Crippen molar-refractivity contribution in [2.45, 2.75) is 40.2 Å². The summed E-state index contributed by atoms with van der Waals surface area (Å²) in [5, 5.41) is 2.68. The van der Waals surface area contributed by atoms with E-state index in [4.69, 9.17) is 5.73 Å². The second-order valence-electron chi connectivity index (χ2n) is 4.47. The van der Waals surface area contributed by atoms with Crippen molar-refractivity contribution in [3.05, 3.63) is 0 Å². The number of nitrogens with one attached hydrogen (secondary N) is 1. The Morgan fingerprint density at radius 1 is 1.29 bits per heavy atom. The Labute approximate surface area is 104 Å². The highest BCUT2D eigenvalue weighted by Gasteiger charge is 2.19. The number of carbonyl (C=O) groups is 2. The van der Waals surface area contributed by atoms with Crippen LogP contribution in [-0.2, 0) is 9.59 Å². The van der Waals surface area contributed by atoms with Gasteiger partial charge in [-0.05, 0) is 19.8 Å². The molecule has 0 saturated heterocycles. The van der Waals surface area contributed by atoms with Gasteiger partial charge in [0.15, 0.2) is 0 Å². The topological polar surface area (TPSA) is 75.4 Å². The van der Waals surface area contributed by atoms with Gasteiger partial charge in [0.05, 0.1) is 6.54 Å². The van der Waals surface area contributed by atoms with Crippen LogP contribution in [0.2, 0.25) is 0 Å². The number of amides is 2. The fourth-order valence-electron chi connectivity index (χ4n) is 1.37. The minimum absolute atomic E-state index is 0.0556. The molecule has 1 unspecified atom stereocenters. The van der Waals surface area contributed by atoms with Crippen LogP contribution < -0.4 is 11.1 Å². The molecule has 0 aromatic rings. The largest absolute Gasteiger partial charge is 0.355 e. The number of carbonyl (C=O) groups excluding carboxylic acids is 2. The first-order valence-electron chi connectivity index (χ1n) is 6.22. The summed E-state index contributed by atoms with van der Waals surface area (Å²) in [6.45, 7) is 8.91. The molecule has 17 heavy (non-hydrogen) atoms. The van der Waals surface area contributed by atoms with E-state index in [1.54, 1.807) is 0 Å². The van der Waals surface area contributed by atoms with Crippen LogP contribution in [0.1, 0.15) is 34.1 Å². The monoisotopic (exact) mass is 243 g/mol. The predicted molar refractivity (Wildman–Crippen MR) is 68.4 cm³/mol. The van der Waals surface area contributed by atoms with Crippen LogP contribution in [0.5, 0.6) is 0 Å². The maximum absolute atomic E-state index is 11.9. The lowest BCUT2D eigenvalue weighted by molar-refractivity contribution is -0.136. The van der Waals surface area contributed by atoms with Crippen molar-refractivity contribution in [3.63, 3.8) is 0 Å². The van der Waals surface area contributed by atoms with Gasteiger partial charge < -0.3 is 16.0 Å². The maximum Gasteiger partial charge on any atom is 0.239 e. The smallest absolute Gasteiger partial charge is 0.239 e. The molecule has 5 heteroatoms. The molecule has 100 valence electrons. The summed E-state index contributed by atoms with van der Waals surface area (Å²) in [6.07, 6.45) is 0.297.